The van der Waals surface area contributed by atoms with Gasteiger partial charge in [-0.3, -0.25) is 15.0 Å². The smallest absolute Gasteiger partial charge is 0.322 e. The van der Waals surface area contributed by atoms with Crippen molar-refractivity contribution in [2.45, 2.75) is 70.8 Å². The summed E-state index contributed by atoms with van der Waals surface area (Å²) in [6.07, 6.45) is 6.61. The van der Waals surface area contributed by atoms with Crippen LogP contribution in [0.25, 0.3) is 0 Å². The number of carbonyl (C=O) groups is 3. The number of hydrogen-bond donors (Lipinski definition) is 2. The van der Waals surface area contributed by atoms with E-state index in [9.17, 15) is 14.4 Å². The Balaban J connectivity index is 1.87. The molecule has 1 spiro atoms. The number of rotatable bonds is 8. The molecule has 0 unspecified atom stereocenters. The second-order valence-corrected chi connectivity index (χ2v) is 6.84. The normalized spacial score (nSPS) is 19.9. The van der Waals surface area contributed by atoms with E-state index in [0.717, 1.165) is 50.2 Å². The van der Waals surface area contributed by atoms with E-state index in [1.807, 2.05) is 0 Å². The number of hydrazine groups is 1. The Labute approximate surface area is 144 Å². The van der Waals surface area contributed by atoms with Gasteiger partial charge in [0, 0.05) is 13.0 Å². The fourth-order valence-electron chi connectivity index (χ4n) is 3.62. The molecule has 0 atom stereocenters. The van der Waals surface area contributed by atoms with Crippen LogP contribution in [-0.4, -0.2) is 52.9 Å². The maximum absolute atomic E-state index is 12.6. The molecular formula is C17H30N4O3. The predicted molar refractivity (Wildman–Crippen MR) is 91.0 cm³/mol. The molecule has 0 aromatic rings. The molecule has 1 heterocycles. The van der Waals surface area contributed by atoms with Crippen LogP contribution >= 0.6 is 0 Å². The van der Waals surface area contributed by atoms with Crippen molar-refractivity contribution in [3.05, 3.63) is 0 Å². The Morgan fingerprint density at radius 2 is 1.75 bits per heavy atom. The molecule has 136 valence electrons. The van der Waals surface area contributed by atoms with Gasteiger partial charge in [0.2, 0.25) is 5.91 Å². The summed E-state index contributed by atoms with van der Waals surface area (Å²) in [5.41, 5.74) is 1.70. The first-order chi connectivity index (χ1) is 11.5. The monoisotopic (exact) mass is 338 g/mol. The van der Waals surface area contributed by atoms with Gasteiger partial charge in [-0.1, -0.05) is 33.1 Å². The van der Waals surface area contributed by atoms with E-state index >= 15 is 0 Å². The van der Waals surface area contributed by atoms with Crippen LogP contribution in [-0.2, 0) is 9.59 Å². The Kier molecular flexibility index (Phi) is 6.60. The number of imide groups is 1. The standard InChI is InChI=1S/C17H30N4O3/c1-3-11-20(12-4-2)13-8-14(22)19-21-15(23)17(18-16(21)24)9-6-5-7-10-17/h3-13H2,1-2H3,(H,18,24)(H,19,22). The zero-order valence-electron chi connectivity index (χ0n) is 14.9. The summed E-state index contributed by atoms with van der Waals surface area (Å²) in [5.74, 6) is -0.594. The molecule has 24 heavy (non-hydrogen) atoms. The molecule has 0 bridgehead atoms. The van der Waals surface area contributed by atoms with Crippen molar-refractivity contribution in [3.63, 3.8) is 0 Å². The van der Waals surface area contributed by atoms with E-state index in [1.54, 1.807) is 0 Å². The van der Waals surface area contributed by atoms with Crippen molar-refractivity contribution >= 4 is 17.8 Å². The van der Waals surface area contributed by atoms with E-state index < -0.39 is 11.6 Å². The molecular weight excluding hydrogens is 308 g/mol. The molecule has 1 saturated carbocycles. The van der Waals surface area contributed by atoms with Gasteiger partial charge in [0.15, 0.2) is 0 Å². The zero-order valence-corrected chi connectivity index (χ0v) is 14.9. The van der Waals surface area contributed by atoms with Crippen LogP contribution in [0.2, 0.25) is 0 Å². The Morgan fingerprint density at radius 1 is 1.12 bits per heavy atom. The topological polar surface area (TPSA) is 81.8 Å². The van der Waals surface area contributed by atoms with Crippen molar-refractivity contribution in [2.75, 3.05) is 19.6 Å². The number of carbonyl (C=O) groups excluding carboxylic acids is 3. The summed E-state index contributed by atoms with van der Waals surface area (Å²) in [4.78, 5) is 39.1. The van der Waals surface area contributed by atoms with Crippen molar-refractivity contribution < 1.29 is 14.4 Å². The first-order valence-electron chi connectivity index (χ1n) is 9.21. The lowest BCUT2D eigenvalue weighted by Gasteiger charge is -2.30. The molecule has 2 N–H and O–H groups in total. The van der Waals surface area contributed by atoms with Gasteiger partial charge in [0.25, 0.3) is 5.91 Å². The second kappa shape index (κ2) is 8.46. The highest BCUT2D eigenvalue weighted by Crippen LogP contribution is 2.32. The van der Waals surface area contributed by atoms with Crippen molar-refractivity contribution in [1.29, 1.82) is 0 Å². The van der Waals surface area contributed by atoms with Gasteiger partial charge in [-0.05, 0) is 38.8 Å². The lowest BCUT2D eigenvalue weighted by Crippen LogP contribution is -2.51. The average Bonchev–Trinajstić information content (AvgIpc) is 2.78. The van der Waals surface area contributed by atoms with Crippen LogP contribution in [0.15, 0.2) is 0 Å². The van der Waals surface area contributed by atoms with Crippen LogP contribution in [0.5, 0.6) is 0 Å². The molecule has 0 aromatic heterocycles. The maximum atomic E-state index is 12.6. The van der Waals surface area contributed by atoms with Gasteiger partial charge in [-0.25, -0.2) is 4.79 Å². The highest BCUT2D eigenvalue weighted by atomic mass is 16.2. The first kappa shape index (κ1) is 18.7. The molecule has 2 aliphatic rings. The summed E-state index contributed by atoms with van der Waals surface area (Å²) >= 11 is 0. The first-order valence-corrected chi connectivity index (χ1v) is 9.21. The fraction of sp³-hybridized carbons (Fsp3) is 0.824. The Hall–Kier alpha value is -1.63. The van der Waals surface area contributed by atoms with E-state index in [0.29, 0.717) is 19.4 Å². The van der Waals surface area contributed by atoms with Gasteiger partial charge >= 0.3 is 6.03 Å². The number of nitrogens with zero attached hydrogens (tertiary/aromatic N) is 2. The largest absolute Gasteiger partial charge is 0.344 e. The van der Waals surface area contributed by atoms with Crippen molar-refractivity contribution in [1.82, 2.24) is 20.7 Å². The molecule has 7 nitrogen and oxygen atoms in total. The van der Waals surface area contributed by atoms with Gasteiger partial charge in [0.1, 0.15) is 5.54 Å². The van der Waals surface area contributed by atoms with Gasteiger partial charge < -0.3 is 10.2 Å². The van der Waals surface area contributed by atoms with E-state index in [2.05, 4.69) is 29.5 Å². The van der Waals surface area contributed by atoms with Crippen LogP contribution < -0.4 is 10.7 Å². The minimum Gasteiger partial charge on any atom is -0.322 e. The summed E-state index contributed by atoms with van der Waals surface area (Å²) < 4.78 is 0. The molecule has 4 amide bonds. The van der Waals surface area contributed by atoms with Crippen molar-refractivity contribution in [2.24, 2.45) is 0 Å². The minimum atomic E-state index is -0.793. The molecule has 1 aliphatic carbocycles. The molecule has 0 aromatic carbocycles. The fourth-order valence-corrected chi connectivity index (χ4v) is 3.62. The number of nitrogens with one attached hydrogen (secondary N) is 2. The molecule has 1 aliphatic heterocycles. The Morgan fingerprint density at radius 3 is 2.33 bits per heavy atom. The van der Waals surface area contributed by atoms with E-state index in [1.165, 1.54) is 0 Å². The zero-order chi connectivity index (χ0) is 17.6. The predicted octanol–water partition coefficient (Wildman–Crippen LogP) is 1.78. The molecule has 0 radical (unpaired) electrons. The summed E-state index contributed by atoms with van der Waals surface area (Å²) in [6, 6.07) is -0.505. The number of hydrogen-bond acceptors (Lipinski definition) is 4. The highest BCUT2D eigenvalue weighted by molar-refractivity contribution is 6.07. The third kappa shape index (κ3) is 4.26. The summed E-state index contributed by atoms with van der Waals surface area (Å²) in [6.45, 7) is 6.77. The molecule has 2 rings (SSSR count). The lowest BCUT2D eigenvalue weighted by atomic mass is 9.82. The van der Waals surface area contributed by atoms with Crippen LogP contribution in [0.4, 0.5) is 4.79 Å². The van der Waals surface area contributed by atoms with Gasteiger partial charge in [0.05, 0.1) is 0 Å². The third-order valence-electron chi connectivity index (χ3n) is 4.84. The number of amides is 4. The highest BCUT2D eigenvalue weighted by Gasteiger charge is 2.52. The lowest BCUT2D eigenvalue weighted by molar-refractivity contribution is -0.140. The third-order valence-corrected chi connectivity index (χ3v) is 4.84. The second-order valence-electron chi connectivity index (χ2n) is 6.84. The molecule has 2 fully saturated rings. The SMILES string of the molecule is CCCN(CCC)CCC(=O)NN1C(=O)NC2(CCCCC2)C1=O. The van der Waals surface area contributed by atoms with Gasteiger partial charge in [-0.2, -0.15) is 5.01 Å². The van der Waals surface area contributed by atoms with Crippen LogP contribution in [0, 0.1) is 0 Å². The van der Waals surface area contributed by atoms with Crippen molar-refractivity contribution in [3.8, 4) is 0 Å². The molecule has 1 saturated heterocycles. The quantitative estimate of drug-likeness (QED) is 0.661. The summed E-state index contributed by atoms with van der Waals surface area (Å²) in [5, 5.41) is 3.68. The minimum absolute atomic E-state index is 0.282. The summed E-state index contributed by atoms with van der Waals surface area (Å²) in [7, 11) is 0. The van der Waals surface area contributed by atoms with Crippen LogP contribution in [0.1, 0.15) is 65.2 Å². The van der Waals surface area contributed by atoms with Gasteiger partial charge in [-0.15, -0.1) is 0 Å². The molecule has 7 heteroatoms. The van der Waals surface area contributed by atoms with E-state index in [-0.39, 0.29) is 18.2 Å². The Bertz CT molecular complexity index is 468. The maximum Gasteiger partial charge on any atom is 0.344 e. The average molecular weight is 338 g/mol. The number of urea groups is 1. The van der Waals surface area contributed by atoms with E-state index in [4.69, 9.17) is 0 Å². The van der Waals surface area contributed by atoms with Crippen LogP contribution in [0.3, 0.4) is 0 Å².